The van der Waals surface area contributed by atoms with Crippen molar-refractivity contribution in [2.24, 2.45) is 0 Å². The van der Waals surface area contributed by atoms with E-state index in [2.05, 4.69) is 0 Å². The third-order valence-corrected chi connectivity index (χ3v) is 1.36. The van der Waals surface area contributed by atoms with E-state index >= 15 is 0 Å². The zero-order valence-electron chi connectivity index (χ0n) is 6.47. The highest BCUT2D eigenvalue weighted by Gasteiger charge is 2.32. The van der Waals surface area contributed by atoms with Crippen molar-refractivity contribution in [3.63, 3.8) is 0 Å². The van der Waals surface area contributed by atoms with Gasteiger partial charge >= 0.3 is 0 Å². The van der Waals surface area contributed by atoms with Crippen LogP contribution in [-0.4, -0.2) is 23.5 Å². The van der Waals surface area contributed by atoms with E-state index in [9.17, 15) is 0 Å². The van der Waals surface area contributed by atoms with Gasteiger partial charge < -0.3 is 0 Å². The first-order valence-corrected chi connectivity index (χ1v) is 3.01. The van der Waals surface area contributed by atoms with E-state index in [-0.39, 0.29) is 29.6 Å². The summed E-state index contributed by atoms with van der Waals surface area (Å²) >= 11 is 0. The standard InChI is InChI=1S/C6H12N2O.HI/c1-6(2)4-5(7)8(3)9-6;/h7H,4H2,1-3H3;1H. The molecule has 0 atom stereocenters. The summed E-state index contributed by atoms with van der Waals surface area (Å²) < 4.78 is 0. The van der Waals surface area contributed by atoms with Gasteiger partial charge in [0, 0.05) is 13.5 Å². The molecule has 0 unspecified atom stereocenters. The van der Waals surface area contributed by atoms with Gasteiger partial charge in [0.05, 0.1) is 5.60 Å². The highest BCUT2D eigenvalue weighted by molar-refractivity contribution is 14.0. The summed E-state index contributed by atoms with van der Waals surface area (Å²) in [5.41, 5.74) is -0.161. The van der Waals surface area contributed by atoms with Crippen LogP contribution in [0.3, 0.4) is 0 Å². The molecule has 0 saturated carbocycles. The third-order valence-electron chi connectivity index (χ3n) is 1.36. The van der Waals surface area contributed by atoms with Crippen LogP contribution in [0.1, 0.15) is 20.3 Å². The van der Waals surface area contributed by atoms with Crippen LogP contribution in [0, 0.1) is 5.41 Å². The molecule has 60 valence electrons. The molecule has 1 aliphatic heterocycles. The van der Waals surface area contributed by atoms with Crippen molar-refractivity contribution >= 4 is 29.8 Å². The molecule has 4 heteroatoms. The number of nitrogens with one attached hydrogen (secondary N) is 1. The van der Waals surface area contributed by atoms with Crippen molar-refractivity contribution in [2.45, 2.75) is 25.9 Å². The van der Waals surface area contributed by atoms with Crippen molar-refractivity contribution in [1.29, 1.82) is 5.41 Å². The number of hydroxylamine groups is 2. The van der Waals surface area contributed by atoms with Gasteiger partial charge in [0.2, 0.25) is 0 Å². The predicted molar refractivity (Wildman–Crippen MR) is 50.7 cm³/mol. The largest absolute Gasteiger partial charge is 0.287 e. The van der Waals surface area contributed by atoms with Gasteiger partial charge in [-0.25, -0.2) is 5.06 Å². The van der Waals surface area contributed by atoms with Crippen molar-refractivity contribution in [3.8, 4) is 0 Å². The molecule has 1 saturated heterocycles. The number of nitrogens with zero attached hydrogens (tertiary/aromatic N) is 1. The maximum Gasteiger partial charge on any atom is 0.123 e. The highest BCUT2D eigenvalue weighted by atomic mass is 127. The molecule has 3 nitrogen and oxygen atoms in total. The molecule has 1 N–H and O–H groups in total. The summed E-state index contributed by atoms with van der Waals surface area (Å²) in [5, 5.41) is 8.83. The van der Waals surface area contributed by atoms with Gasteiger partial charge in [-0.15, -0.1) is 24.0 Å². The Morgan fingerprint density at radius 2 is 2.10 bits per heavy atom. The zero-order valence-corrected chi connectivity index (χ0v) is 8.80. The molecule has 0 aliphatic carbocycles. The quantitative estimate of drug-likeness (QED) is 0.669. The maximum absolute atomic E-state index is 7.31. The predicted octanol–water partition coefficient (Wildman–Crippen LogP) is 1.63. The minimum Gasteiger partial charge on any atom is -0.287 e. The van der Waals surface area contributed by atoms with E-state index in [0.29, 0.717) is 12.3 Å². The second kappa shape index (κ2) is 3.04. The Kier molecular flexibility index (Phi) is 3.09. The van der Waals surface area contributed by atoms with Gasteiger partial charge in [-0.1, -0.05) is 0 Å². The average Bonchev–Trinajstić information content (AvgIpc) is 1.79. The van der Waals surface area contributed by atoms with E-state index < -0.39 is 0 Å². The smallest absolute Gasteiger partial charge is 0.123 e. The van der Waals surface area contributed by atoms with Crippen LogP contribution in [0.5, 0.6) is 0 Å². The molecule has 1 heterocycles. The zero-order chi connectivity index (χ0) is 7.07. The Hall–Kier alpha value is 0.160. The fourth-order valence-corrected chi connectivity index (χ4v) is 0.973. The van der Waals surface area contributed by atoms with E-state index in [1.54, 1.807) is 7.05 Å². The lowest BCUT2D eigenvalue weighted by Crippen LogP contribution is -2.21. The molecule has 10 heavy (non-hydrogen) atoms. The van der Waals surface area contributed by atoms with Gasteiger partial charge in [-0.3, -0.25) is 10.2 Å². The Morgan fingerprint density at radius 1 is 1.60 bits per heavy atom. The molecule has 0 spiro atoms. The molecule has 0 aromatic rings. The molecule has 1 rings (SSSR count). The van der Waals surface area contributed by atoms with Crippen LogP contribution in [0.2, 0.25) is 0 Å². The molecule has 0 bridgehead atoms. The van der Waals surface area contributed by atoms with Crippen LogP contribution in [0.25, 0.3) is 0 Å². The van der Waals surface area contributed by atoms with Crippen LogP contribution < -0.4 is 0 Å². The number of hydrogen-bond donors (Lipinski definition) is 1. The number of rotatable bonds is 0. The second-order valence-electron chi connectivity index (χ2n) is 2.97. The molecular weight excluding hydrogens is 243 g/mol. The molecule has 0 aromatic carbocycles. The van der Waals surface area contributed by atoms with Gasteiger partial charge in [0.15, 0.2) is 0 Å². The molecule has 0 radical (unpaired) electrons. The van der Waals surface area contributed by atoms with E-state index in [0.717, 1.165) is 0 Å². The van der Waals surface area contributed by atoms with E-state index in [4.69, 9.17) is 10.2 Å². The van der Waals surface area contributed by atoms with E-state index in [1.165, 1.54) is 5.06 Å². The van der Waals surface area contributed by atoms with Crippen LogP contribution in [-0.2, 0) is 4.84 Å². The second-order valence-corrected chi connectivity index (χ2v) is 2.97. The first-order valence-electron chi connectivity index (χ1n) is 3.01. The topological polar surface area (TPSA) is 36.3 Å². The number of amidine groups is 1. The van der Waals surface area contributed by atoms with Gasteiger partial charge in [0.1, 0.15) is 5.84 Å². The third kappa shape index (κ3) is 2.09. The van der Waals surface area contributed by atoms with Gasteiger partial charge in [-0.05, 0) is 13.8 Å². The monoisotopic (exact) mass is 256 g/mol. The summed E-state index contributed by atoms with van der Waals surface area (Å²) in [6.07, 6.45) is 0.712. The highest BCUT2D eigenvalue weighted by Crippen LogP contribution is 2.23. The number of hydrogen-bond acceptors (Lipinski definition) is 2. The lowest BCUT2D eigenvalue weighted by molar-refractivity contribution is -0.141. The van der Waals surface area contributed by atoms with Crippen molar-refractivity contribution in [2.75, 3.05) is 7.05 Å². The molecule has 0 amide bonds. The first-order chi connectivity index (χ1) is 4.01. The Morgan fingerprint density at radius 3 is 2.20 bits per heavy atom. The maximum atomic E-state index is 7.31. The fourth-order valence-electron chi connectivity index (χ4n) is 0.973. The average molecular weight is 256 g/mol. The van der Waals surface area contributed by atoms with Crippen LogP contribution in [0.15, 0.2) is 0 Å². The summed E-state index contributed by atoms with van der Waals surface area (Å²) in [6, 6.07) is 0. The lowest BCUT2D eigenvalue weighted by atomic mass is 10.1. The summed E-state index contributed by atoms with van der Waals surface area (Å²) in [4.78, 5) is 5.27. The minimum atomic E-state index is -0.161. The van der Waals surface area contributed by atoms with Crippen molar-refractivity contribution in [1.82, 2.24) is 5.06 Å². The fraction of sp³-hybridized carbons (Fsp3) is 0.833. The SMILES string of the molecule is CN1OC(C)(C)CC1=N.I. The molecular formula is C6H13IN2O. The van der Waals surface area contributed by atoms with Gasteiger partial charge in [0.25, 0.3) is 0 Å². The van der Waals surface area contributed by atoms with Crippen LogP contribution in [0.4, 0.5) is 0 Å². The molecule has 1 fully saturated rings. The summed E-state index contributed by atoms with van der Waals surface area (Å²) in [7, 11) is 1.76. The Labute approximate surface area is 78.2 Å². The molecule has 0 aromatic heterocycles. The van der Waals surface area contributed by atoms with Crippen LogP contribution >= 0.6 is 24.0 Å². The summed E-state index contributed by atoms with van der Waals surface area (Å²) in [5.74, 6) is 0.556. The van der Waals surface area contributed by atoms with Crippen molar-refractivity contribution in [3.05, 3.63) is 0 Å². The minimum absolute atomic E-state index is 0. The van der Waals surface area contributed by atoms with E-state index in [1.807, 2.05) is 13.8 Å². The Balaban J connectivity index is 0.000000810. The summed E-state index contributed by atoms with van der Waals surface area (Å²) in [6.45, 7) is 3.95. The van der Waals surface area contributed by atoms with Gasteiger partial charge in [-0.2, -0.15) is 0 Å². The van der Waals surface area contributed by atoms with Crippen molar-refractivity contribution < 1.29 is 4.84 Å². The first kappa shape index (κ1) is 10.2. The molecule has 1 aliphatic rings. The normalized spacial score (nSPS) is 22.7. The Bertz CT molecular complexity index is 147. The lowest BCUT2D eigenvalue weighted by Gasteiger charge is -2.16. The number of halogens is 1.